The number of benzene rings is 2. The van der Waals surface area contributed by atoms with E-state index in [0.717, 1.165) is 13.0 Å². The summed E-state index contributed by atoms with van der Waals surface area (Å²) < 4.78 is 5.64. The first-order valence-corrected chi connectivity index (χ1v) is 8.36. The number of hydrogen-bond acceptors (Lipinski definition) is 1. The van der Waals surface area contributed by atoms with Crippen LogP contribution in [0.2, 0.25) is 0 Å². The molecule has 1 fully saturated rings. The van der Waals surface area contributed by atoms with Crippen molar-refractivity contribution in [1.29, 1.82) is 0 Å². The van der Waals surface area contributed by atoms with E-state index in [1.54, 1.807) is 0 Å². The predicted octanol–water partition coefficient (Wildman–Crippen LogP) is 5.63. The van der Waals surface area contributed by atoms with Crippen LogP contribution in [0, 0.1) is 12.8 Å². The van der Waals surface area contributed by atoms with Crippen molar-refractivity contribution in [3.63, 3.8) is 0 Å². The van der Waals surface area contributed by atoms with E-state index in [1.807, 2.05) is 0 Å². The molecule has 21 heavy (non-hydrogen) atoms. The van der Waals surface area contributed by atoms with Crippen LogP contribution >= 0.6 is 11.6 Å². The lowest BCUT2D eigenvalue weighted by atomic mass is 9.78. The van der Waals surface area contributed by atoms with Crippen LogP contribution in [0.25, 0.3) is 10.8 Å². The van der Waals surface area contributed by atoms with E-state index in [9.17, 15) is 0 Å². The van der Waals surface area contributed by atoms with Gasteiger partial charge in [0.05, 0.1) is 11.5 Å². The van der Waals surface area contributed by atoms with Crippen molar-refractivity contribution >= 4 is 22.4 Å². The minimum absolute atomic E-state index is 0.100. The molecule has 1 aliphatic rings. The maximum absolute atomic E-state index is 6.73. The summed E-state index contributed by atoms with van der Waals surface area (Å²) in [5, 5.41) is 2.72. The summed E-state index contributed by atoms with van der Waals surface area (Å²) in [6.45, 7) is 5.05. The van der Waals surface area contributed by atoms with Crippen LogP contribution in [-0.2, 0) is 4.74 Å². The second-order valence-corrected chi connectivity index (χ2v) is 6.66. The molecular weight excluding hydrogens is 280 g/mol. The Kier molecular flexibility index (Phi) is 4.51. The number of ether oxygens (including phenoxy) is 1. The molecular formula is C19H23ClO. The quantitative estimate of drug-likeness (QED) is 0.650. The zero-order valence-electron chi connectivity index (χ0n) is 12.8. The average molecular weight is 303 g/mol. The lowest BCUT2D eigenvalue weighted by molar-refractivity contribution is -0.0267. The monoisotopic (exact) mass is 302 g/mol. The molecule has 0 aromatic heterocycles. The molecule has 1 unspecified atom stereocenters. The summed E-state index contributed by atoms with van der Waals surface area (Å²) >= 11 is 6.73. The fraction of sp³-hybridized carbons (Fsp3) is 0.474. The predicted molar refractivity (Wildman–Crippen MR) is 90.0 cm³/mol. The second kappa shape index (κ2) is 6.37. The van der Waals surface area contributed by atoms with Gasteiger partial charge in [0.15, 0.2) is 0 Å². The smallest absolute Gasteiger partial charge is 0.0594 e. The van der Waals surface area contributed by atoms with Crippen LogP contribution in [0.15, 0.2) is 36.4 Å². The van der Waals surface area contributed by atoms with Gasteiger partial charge in [-0.05, 0) is 60.9 Å². The van der Waals surface area contributed by atoms with Crippen molar-refractivity contribution in [3.8, 4) is 0 Å². The van der Waals surface area contributed by atoms with E-state index in [2.05, 4.69) is 50.2 Å². The molecule has 112 valence electrons. The van der Waals surface area contributed by atoms with Gasteiger partial charge in [0, 0.05) is 6.61 Å². The maximum atomic E-state index is 6.73. The Bertz CT molecular complexity index is 616. The minimum Gasteiger partial charge on any atom is -0.378 e. The van der Waals surface area contributed by atoms with Crippen LogP contribution in [0.4, 0.5) is 0 Å². The number of fused-ring (bicyclic) bond motifs is 1. The summed E-state index contributed by atoms with van der Waals surface area (Å²) in [6, 6.07) is 13.0. The van der Waals surface area contributed by atoms with Crippen LogP contribution < -0.4 is 0 Å². The summed E-state index contributed by atoms with van der Waals surface area (Å²) in [4.78, 5) is 0. The first-order chi connectivity index (χ1) is 10.2. The van der Waals surface area contributed by atoms with Gasteiger partial charge in [0.2, 0.25) is 0 Å². The molecule has 0 radical (unpaired) electrons. The Labute approximate surface area is 132 Å². The van der Waals surface area contributed by atoms with E-state index in [4.69, 9.17) is 16.3 Å². The number of halogens is 1. The largest absolute Gasteiger partial charge is 0.378 e. The van der Waals surface area contributed by atoms with Crippen LogP contribution in [-0.4, -0.2) is 12.7 Å². The van der Waals surface area contributed by atoms with Gasteiger partial charge in [-0.25, -0.2) is 0 Å². The molecule has 2 aromatic carbocycles. The normalized spacial score (nSPS) is 23.0. The summed E-state index contributed by atoms with van der Waals surface area (Å²) in [7, 11) is 0. The molecule has 0 aliphatic heterocycles. The topological polar surface area (TPSA) is 9.23 Å². The van der Waals surface area contributed by atoms with E-state index in [-0.39, 0.29) is 5.38 Å². The fourth-order valence-corrected chi connectivity index (χ4v) is 3.85. The molecule has 0 saturated heterocycles. The Morgan fingerprint density at radius 1 is 1.14 bits per heavy atom. The maximum Gasteiger partial charge on any atom is 0.0594 e. The summed E-state index contributed by atoms with van der Waals surface area (Å²) in [6.07, 6.45) is 3.86. The summed E-state index contributed by atoms with van der Waals surface area (Å²) in [5.74, 6) is 0.712. The molecule has 0 amide bonds. The van der Waals surface area contributed by atoms with E-state index in [0.29, 0.717) is 12.0 Å². The van der Waals surface area contributed by atoms with Crippen molar-refractivity contribution < 1.29 is 4.74 Å². The molecule has 0 spiro atoms. The van der Waals surface area contributed by atoms with Gasteiger partial charge in [0.25, 0.3) is 0 Å². The van der Waals surface area contributed by atoms with Crippen molar-refractivity contribution in [2.75, 3.05) is 6.61 Å². The average Bonchev–Trinajstić information content (AvgIpc) is 2.45. The minimum atomic E-state index is 0.100. The number of alkyl halides is 1. The van der Waals surface area contributed by atoms with E-state index < -0.39 is 0 Å². The van der Waals surface area contributed by atoms with Crippen LogP contribution in [0.3, 0.4) is 0 Å². The molecule has 2 heteroatoms. The molecule has 1 nitrogen and oxygen atoms in total. The Morgan fingerprint density at radius 3 is 2.57 bits per heavy atom. The zero-order chi connectivity index (χ0) is 14.8. The van der Waals surface area contributed by atoms with Crippen molar-refractivity contribution in [1.82, 2.24) is 0 Å². The van der Waals surface area contributed by atoms with Gasteiger partial charge < -0.3 is 4.74 Å². The van der Waals surface area contributed by atoms with E-state index in [1.165, 1.54) is 34.7 Å². The highest BCUT2D eigenvalue weighted by Crippen LogP contribution is 2.41. The third kappa shape index (κ3) is 3.09. The van der Waals surface area contributed by atoms with Crippen LogP contribution in [0.5, 0.6) is 0 Å². The van der Waals surface area contributed by atoms with Crippen molar-refractivity contribution in [2.45, 2.75) is 44.6 Å². The number of rotatable bonds is 5. The number of aryl methyl sites for hydroxylation is 1. The third-order valence-electron chi connectivity index (χ3n) is 4.65. The first-order valence-electron chi connectivity index (χ1n) is 7.93. The third-order valence-corrected chi connectivity index (χ3v) is 5.06. The van der Waals surface area contributed by atoms with Gasteiger partial charge in [-0.15, -0.1) is 11.6 Å². The molecule has 3 rings (SSSR count). The van der Waals surface area contributed by atoms with Crippen molar-refractivity contribution in [3.05, 3.63) is 47.5 Å². The van der Waals surface area contributed by atoms with E-state index >= 15 is 0 Å². The second-order valence-electron chi connectivity index (χ2n) is 6.14. The van der Waals surface area contributed by atoms with Gasteiger partial charge >= 0.3 is 0 Å². The number of hydrogen-bond donors (Lipinski definition) is 0. The van der Waals surface area contributed by atoms with Crippen molar-refractivity contribution in [2.24, 2.45) is 5.92 Å². The Hall–Kier alpha value is -1.05. The Morgan fingerprint density at radius 2 is 1.86 bits per heavy atom. The molecule has 1 saturated carbocycles. The fourth-order valence-electron chi connectivity index (χ4n) is 3.40. The molecule has 1 aliphatic carbocycles. The van der Waals surface area contributed by atoms with Crippen LogP contribution in [0.1, 0.15) is 42.7 Å². The molecule has 1 atom stereocenters. The van der Waals surface area contributed by atoms with Gasteiger partial charge in [-0.2, -0.15) is 0 Å². The van der Waals surface area contributed by atoms with Gasteiger partial charge in [-0.3, -0.25) is 0 Å². The molecule has 2 aromatic rings. The lowest BCUT2D eigenvalue weighted by Gasteiger charge is -2.36. The SMILES string of the molecule is CCOC1CC(CC(Cl)c2ccc(C)c3ccccc23)C1. The Balaban J connectivity index is 1.74. The highest BCUT2D eigenvalue weighted by molar-refractivity contribution is 6.21. The molecule has 0 N–H and O–H groups in total. The standard InChI is InChI=1S/C19H23ClO/c1-3-21-15-10-14(11-15)12-19(20)18-9-8-13(2)16-6-4-5-7-17(16)18/h4-9,14-15,19H,3,10-12H2,1-2H3. The zero-order valence-corrected chi connectivity index (χ0v) is 13.6. The van der Waals surface area contributed by atoms with Gasteiger partial charge in [0.1, 0.15) is 0 Å². The summed E-state index contributed by atoms with van der Waals surface area (Å²) in [5.41, 5.74) is 2.59. The lowest BCUT2D eigenvalue weighted by Crippen LogP contribution is -2.31. The molecule has 0 heterocycles. The highest BCUT2D eigenvalue weighted by atomic mass is 35.5. The molecule has 0 bridgehead atoms. The highest BCUT2D eigenvalue weighted by Gasteiger charge is 2.31. The van der Waals surface area contributed by atoms with Gasteiger partial charge in [-0.1, -0.05) is 36.4 Å². The first kappa shape index (κ1) is 14.9.